The van der Waals surface area contributed by atoms with Crippen molar-refractivity contribution < 1.29 is 14.3 Å². The lowest BCUT2D eigenvalue weighted by atomic mass is 10.3. The molecule has 1 N–H and O–H groups in total. The Morgan fingerprint density at radius 1 is 1.53 bits per heavy atom. The number of rotatable bonds is 6. The summed E-state index contributed by atoms with van der Waals surface area (Å²) in [6.45, 7) is 3.41. The number of carboxylic acid groups (broad SMARTS) is 1. The number of nitrogens with zero attached hydrogens (tertiary/aromatic N) is 1. The molecule has 0 saturated carbocycles. The van der Waals surface area contributed by atoms with Crippen LogP contribution in [0.15, 0.2) is 16.5 Å². The van der Waals surface area contributed by atoms with Crippen LogP contribution in [0, 0.1) is 6.92 Å². The molecule has 15 heavy (non-hydrogen) atoms. The summed E-state index contributed by atoms with van der Waals surface area (Å²) in [5.74, 6) is 1.09. The van der Waals surface area contributed by atoms with Crippen LogP contribution in [0.2, 0.25) is 0 Å². The number of furan rings is 1. The summed E-state index contributed by atoms with van der Waals surface area (Å²) in [5, 5.41) is 8.48. The highest BCUT2D eigenvalue weighted by atomic mass is 16.4. The molecule has 1 heterocycles. The van der Waals surface area contributed by atoms with Crippen LogP contribution in [0.1, 0.15) is 24.4 Å². The standard InChI is InChI=1S/C11H17NO3/c1-9-5-6-10(15-9)8-12(2)7-3-4-11(13)14/h5-6H,3-4,7-8H2,1-2H3,(H,13,14). The first-order valence-electron chi connectivity index (χ1n) is 5.03. The van der Waals surface area contributed by atoms with Crippen LogP contribution in [0.4, 0.5) is 0 Å². The van der Waals surface area contributed by atoms with Crippen molar-refractivity contribution in [3.05, 3.63) is 23.7 Å². The first-order valence-corrected chi connectivity index (χ1v) is 5.03. The predicted octanol–water partition coefficient (Wildman–Crippen LogP) is 1.88. The first kappa shape index (κ1) is 11.8. The Hall–Kier alpha value is -1.29. The third kappa shape index (κ3) is 4.65. The lowest BCUT2D eigenvalue weighted by Crippen LogP contribution is -2.19. The maximum atomic E-state index is 10.3. The van der Waals surface area contributed by atoms with Crippen LogP contribution < -0.4 is 0 Å². The van der Waals surface area contributed by atoms with Gasteiger partial charge in [0, 0.05) is 6.42 Å². The average molecular weight is 211 g/mol. The number of aliphatic carboxylic acids is 1. The highest BCUT2D eigenvalue weighted by molar-refractivity contribution is 5.66. The molecule has 1 rings (SSSR count). The zero-order chi connectivity index (χ0) is 11.3. The van der Waals surface area contributed by atoms with Gasteiger partial charge in [-0.05, 0) is 39.1 Å². The van der Waals surface area contributed by atoms with Gasteiger partial charge in [0.05, 0.1) is 6.54 Å². The van der Waals surface area contributed by atoms with Crippen molar-refractivity contribution in [1.29, 1.82) is 0 Å². The fourth-order valence-corrected chi connectivity index (χ4v) is 1.42. The van der Waals surface area contributed by atoms with Crippen molar-refractivity contribution >= 4 is 5.97 Å². The summed E-state index contributed by atoms with van der Waals surface area (Å²) < 4.78 is 5.42. The second-order valence-electron chi connectivity index (χ2n) is 3.75. The van der Waals surface area contributed by atoms with Crippen molar-refractivity contribution in [2.75, 3.05) is 13.6 Å². The lowest BCUT2D eigenvalue weighted by molar-refractivity contribution is -0.137. The molecule has 84 valence electrons. The molecule has 4 nitrogen and oxygen atoms in total. The number of carbonyl (C=O) groups is 1. The Balaban J connectivity index is 2.24. The average Bonchev–Trinajstić information content (AvgIpc) is 2.50. The molecule has 0 aliphatic rings. The lowest BCUT2D eigenvalue weighted by Gasteiger charge is -2.13. The van der Waals surface area contributed by atoms with E-state index in [2.05, 4.69) is 4.90 Å². The topological polar surface area (TPSA) is 53.7 Å². The largest absolute Gasteiger partial charge is 0.481 e. The van der Waals surface area contributed by atoms with Crippen molar-refractivity contribution in [1.82, 2.24) is 4.90 Å². The summed E-state index contributed by atoms with van der Waals surface area (Å²) in [5.41, 5.74) is 0. The second-order valence-corrected chi connectivity index (χ2v) is 3.75. The van der Waals surface area contributed by atoms with Crippen molar-refractivity contribution in [2.24, 2.45) is 0 Å². The first-order chi connectivity index (χ1) is 7.08. The maximum absolute atomic E-state index is 10.3. The van der Waals surface area contributed by atoms with E-state index in [-0.39, 0.29) is 6.42 Å². The van der Waals surface area contributed by atoms with E-state index in [1.165, 1.54) is 0 Å². The highest BCUT2D eigenvalue weighted by Gasteiger charge is 2.04. The normalized spacial score (nSPS) is 10.9. The molecule has 0 amide bonds. The number of aryl methyl sites for hydroxylation is 1. The van der Waals surface area contributed by atoms with Gasteiger partial charge in [-0.15, -0.1) is 0 Å². The maximum Gasteiger partial charge on any atom is 0.303 e. The quantitative estimate of drug-likeness (QED) is 0.780. The van der Waals surface area contributed by atoms with Crippen molar-refractivity contribution in [3.63, 3.8) is 0 Å². The Kier molecular flexibility index (Phi) is 4.37. The fraction of sp³-hybridized carbons (Fsp3) is 0.545. The number of hydrogen-bond acceptors (Lipinski definition) is 3. The van der Waals surface area contributed by atoms with E-state index in [1.807, 2.05) is 26.1 Å². The van der Waals surface area contributed by atoms with Gasteiger partial charge >= 0.3 is 5.97 Å². The molecule has 0 aliphatic heterocycles. The van der Waals surface area contributed by atoms with Crippen LogP contribution >= 0.6 is 0 Å². The summed E-state index contributed by atoms with van der Waals surface area (Å²) in [6, 6.07) is 3.88. The predicted molar refractivity (Wildman–Crippen MR) is 56.6 cm³/mol. The van der Waals surface area contributed by atoms with E-state index in [1.54, 1.807) is 0 Å². The molecule has 0 aliphatic carbocycles. The van der Waals surface area contributed by atoms with Gasteiger partial charge in [0.15, 0.2) is 0 Å². The van der Waals surface area contributed by atoms with E-state index >= 15 is 0 Å². The van der Waals surface area contributed by atoms with Gasteiger partial charge < -0.3 is 9.52 Å². The van der Waals surface area contributed by atoms with Gasteiger partial charge in [-0.3, -0.25) is 9.69 Å². The molecule has 1 aromatic rings. The van der Waals surface area contributed by atoms with Crippen LogP contribution in [0.25, 0.3) is 0 Å². The summed E-state index contributed by atoms with van der Waals surface area (Å²) >= 11 is 0. The zero-order valence-corrected chi connectivity index (χ0v) is 9.19. The van der Waals surface area contributed by atoms with Gasteiger partial charge in [0.25, 0.3) is 0 Å². The Morgan fingerprint density at radius 3 is 2.80 bits per heavy atom. The van der Waals surface area contributed by atoms with Crippen molar-refractivity contribution in [2.45, 2.75) is 26.3 Å². The molecule has 0 radical (unpaired) electrons. The van der Waals surface area contributed by atoms with Gasteiger partial charge in [-0.1, -0.05) is 0 Å². The van der Waals surface area contributed by atoms with Gasteiger partial charge in [0.2, 0.25) is 0 Å². The van der Waals surface area contributed by atoms with Gasteiger partial charge in [-0.2, -0.15) is 0 Å². The summed E-state index contributed by atoms with van der Waals surface area (Å²) in [6.07, 6.45) is 0.896. The summed E-state index contributed by atoms with van der Waals surface area (Å²) in [4.78, 5) is 12.4. The fourth-order valence-electron chi connectivity index (χ4n) is 1.42. The molecule has 0 unspecified atom stereocenters. The molecule has 0 saturated heterocycles. The minimum atomic E-state index is -0.739. The molecule has 4 heteroatoms. The van der Waals surface area contributed by atoms with E-state index in [4.69, 9.17) is 9.52 Å². The van der Waals surface area contributed by atoms with E-state index in [0.717, 1.165) is 24.6 Å². The monoisotopic (exact) mass is 211 g/mol. The number of hydrogen-bond donors (Lipinski definition) is 1. The van der Waals surface area contributed by atoms with Gasteiger partial charge in [-0.25, -0.2) is 0 Å². The van der Waals surface area contributed by atoms with E-state index in [9.17, 15) is 4.79 Å². The molecule has 0 aromatic carbocycles. The van der Waals surface area contributed by atoms with Crippen LogP contribution in [0.5, 0.6) is 0 Å². The Labute approximate surface area is 89.5 Å². The minimum absolute atomic E-state index is 0.224. The van der Waals surface area contributed by atoms with Crippen LogP contribution in [0.3, 0.4) is 0 Å². The third-order valence-corrected chi connectivity index (χ3v) is 2.15. The molecule has 0 bridgehead atoms. The zero-order valence-electron chi connectivity index (χ0n) is 9.19. The van der Waals surface area contributed by atoms with E-state index in [0.29, 0.717) is 6.42 Å². The molecular weight excluding hydrogens is 194 g/mol. The molecule has 0 fully saturated rings. The SMILES string of the molecule is Cc1ccc(CN(C)CCCC(=O)O)o1. The third-order valence-electron chi connectivity index (χ3n) is 2.15. The Morgan fingerprint density at radius 2 is 2.27 bits per heavy atom. The molecule has 0 spiro atoms. The smallest absolute Gasteiger partial charge is 0.303 e. The van der Waals surface area contributed by atoms with E-state index < -0.39 is 5.97 Å². The summed E-state index contributed by atoms with van der Waals surface area (Å²) in [7, 11) is 1.96. The van der Waals surface area contributed by atoms with Gasteiger partial charge in [0.1, 0.15) is 11.5 Å². The molecule has 0 atom stereocenters. The highest BCUT2D eigenvalue weighted by Crippen LogP contribution is 2.08. The Bertz CT molecular complexity index is 319. The molecular formula is C11H17NO3. The van der Waals surface area contributed by atoms with Crippen molar-refractivity contribution in [3.8, 4) is 0 Å². The second kappa shape index (κ2) is 5.56. The van der Waals surface area contributed by atoms with Crippen LogP contribution in [-0.4, -0.2) is 29.6 Å². The minimum Gasteiger partial charge on any atom is -0.481 e. The number of carboxylic acids is 1. The van der Waals surface area contributed by atoms with Crippen LogP contribution in [-0.2, 0) is 11.3 Å². The molecule has 1 aromatic heterocycles.